The van der Waals surface area contributed by atoms with Crippen LogP contribution in [0.5, 0.6) is 0 Å². The maximum atomic E-state index is 10.9. The number of hydrogen-bond acceptors (Lipinski definition) is 1. The predicted octanol–water partition coefficient (Wildman–Crippen LogP) is 1.62. The monoisotopic (exact) mass is 124 g/mol. The molecular weight excluding hydrogens is 112 g/mol. The highest BCUT2D eigenvalue weighted by atomic mass is 16.1. The average molecular weight is 124 g/mol. The molecule has 3 unspecified atom stereocenters. The summed E-state index contributed by atoms with van der Waals surface area (Å²) in [7, 11) is 0. The summed E-state index contributed by atoms with van der Waals surface area (Å²) in [6.45, 7) is 2.27. The van der Waals surface area contributed by atoms with Gasteiger partial charge in [-0.2, -0.15) is 0 Å². The lowest BCUT2D eigenvalue weighted by atomic mass is 9.72. The van der Waals surface area contributed by atoms with E-state index in [1.807, 2.05) is 0 Å². The fourth-order valence-electron chi connectivity index (χ4n) is 2.23. The Labute approximate surface area is 55.4 Å². The maximum Gasteiger partial charge on any atom is 0.136 e. The Balaban J connectivity index is 2.11. The highest BCUT2D eigenvalue weighted by Gasteiger charge is 2.46. The van der Waals surface area contributed by atoms with Gasteiger partial charge in [0.05, 0.1) is 0 Å². The summed E-state index contributed by atoms with van der Waals surface area (Å²) in [6.07, 6.45) is 3.37. The molecular formula is C8H12O. The number of carbonyl (C=O) groups is 1. The van der Waals surface area contributed by atoms with Crippen molar-refractivity contribution in [2.45, 2.75) is 26.2 Å². The standard InChI is InChI=1S/C8H12O/c1-5-2-3-6-7(5)4-8(6)9/h5-7H,2-4H2,1H3. The third-order valence-electron chi connectivity index (χ3n) is 3.03. The Bertz CT molecular complexity index is 151. The van der Waals surface area contributed by atoms with Crippen molar-refractivity contribution >= 4 is 5.78 Å². The van der Waals surface area contributed by atoms with Crippen LogP contribution in [0, 0.1) is 17.8 Å². The van der Waals surface area contributed by atoms with Crippen LogP contribution in [-0.4, -0.2) is 5.78 Å². The Morgan fingerprint density at radius 3 is 2.67 bits per heavy atom. The lowest BCUT2D eigenvalue weighted by Crippen LogP contribution is -2.34. The third-order valence-corrected chi connectivity index (χ3v) is 3.03. The van der Waals surface area contributed by atoms with Crippen molar-refractivity contribution in [3.05, 3.63) is 0 Å². The van der Waals surface area contributed by atoms with E-state index in [0.29, 0.717) is 11.7 Å². The minimum absolute atomic E-state index is 0.500. The summed E-state index contributed by atoms with van der Waals surface area (Å²) in [5.74, 6) is 2.66. The van der Waals surface area contributed by atoms with Crippen LogP contribution in [0.4, 0.5) is 0 Å². The second-order valence-corrected chi connectivity index (χ2v) is 3.50. The summed E-state index contributed by atoms with van der Waals surface area (Å²) in [5, 5.41) is 0. The van der Waals surface area contributed by atoms with Gasteiger partial charge in [-0.25, -0.2) is 0 Å². The van der Waals surface area contributed by atoms with Crippen molar-refractivity contribution in [2.24, 2.45) is 17.8 Å². The molecule has 50 valence electrons. The van der Waals surface area contributed by atoms with Gasteiger partial charge in [-0.15, -0.1) is 0 Å². The van der Waals surface area contributed by atoms with Crippen LogP contribution < -0.4 is 0 Å². The van der Waals surface area contributed by atoms with Gasteiger partial charge in [0.1, 0.15) is 5.78 Å². The van der Waals surface area contributed by atoms with E-state index < -0.39 is 0 Å². The van der Waals surface area contributed by atoms with Crippen molar-refractivity contribution in [1.82, 2.24) is 0 Å². The molecule has 3 atom stereocenters. The summed E-state index contributed by atoms with van der Waals surface area (Å²) < 4.78 is 0. The molecule has 0 radical (unpaired) electrons. The van der Waals surface area contributed by atoms with Crippen LogP contribution in [0.1, 0.15) is 26.2 Å². The quantitative estimate of drug-likeness (QED) is 0.479. The van der Waals surface area contributed by atoms with Gasteiger partial charge in [-0.1, -0.05) is 6.92 Å². The van der Waals surface area contributed by atoms with E-state index in [2.05, 4.69) is 6.92 Å². The van der Waals surface area contributed by atoms with Crippen LogP contribution in [0.3, 0.4) is 0 Å². The zero-order valence-corrected chi connectivity index (χ0v) is 5.76. The molecule has 2 rings (SSSR count). The molecule has 0 aromatic carbocycles. The minimum atomic E-state index is 0.500. The highest BCUT2D eigenvalue weighted by Crippen LogP contribution is 2.47. The fraction of sp³-hybridized carbons (Fsp3) is 0.875. The first-order valence-corrected chi connectivity index (χ1v) is 3.82. The summed E-state index contributed by atoms with van der Waals surface area (Å²) in [4.78, 5) is 10.9. The molecule has 2 saturated carbocycles. The molecule has 0 N–H and O–H groups in total. The van der Waals surface area contributed by atoms with Gasteiger partial charge >= 0.3 is 0 Å². The highest BCUT2D eigenvalue weighted by molar-refractivity contribution is 5.87. The third kappa shape index (κ3) is 0.577. The number of fused-ring (bicyclic) bond motifs is 1. The summed E-state index contributed by atoms with van der Waals surface area (Å²) in [5.41, 5.74) is 0. The predicted molar refractivity (Wildman–Crippen MR) is 35.0 cm³/mol. The second-order valence-electron chi connectivity index (χ2n) is 3.50. The van der Waals surface area contributed by atoms with Crippen molar-refractivity contribution in [1.29, 1.82) is 0 Å². The first-order valence-electron chi connectivity index (χ1n) is 3.82. The SMILES string of the molecule is CC1CCC2C(=O)CC12. The second kappa shape index (κ2) is 1.59. The largest absolute Gasteiger partial charge is 0.299 e. The molecule has 9 heavy (non-hydrogen) atoms. The molecule has 2 aliphatic carbocycles. The molecule has 2 fully saturated rings. The molecule has 2 aliphatic rings. The smallest absolute Gasteiger partial charge is 0.136 e. The van der Waals surface area contributed by atoms with Crippen LogP contribution in [0.25, 0.3) is 0 Å². The molecule has 0 heterocycles. The molecule has 0 spiro atoms. The van der Waals surface area contributed by atoms with Crippen molar-refractivity contribution in [3.63, 3.8) is 0 Å². The van der Waals surface area contributed by atoms with Gasteiger partial charge in [0.25, 0.3) is 0 Å². The topological polar surface area (TPSA) is 17.1 Å². The normalized spacial score (nSPS) is 48.6. The van der Waals surface area contributed by atoms with Crippen LogP contribution in [-0.2, 0) is 4.79 Å². The summed E-state index contributed by atoms with van der Waals surface area (Å²) >= 11 is 0. The van der Waals surface area contributed by atoms with E-state index in [0.717, 1.165) is 18.3 Å². The lowest BCUT2D eigenvalue weighted by molar-refractivity contribution is -0.133. The Morgan fingerprint density at radius 2 is 2.22 bits per heavy atom. The zero-order valence-electron chi connectivity index (χ0n) is 5.76. The maximum absolute atomic E-state index is 10.9. The van der Waals surface area contributed by atoms with E-state index in [1.54, 1.807) is 0 Å². The van der Waals surface area contributed by atoms with Crippen LogP contribution >= 0.6 is 0 Å². The molecule has 0 aliphatic heterocycles. The Hall–Kier alpha value is -0.330. The molecule has 1 heteroatoms. The molecule has 0 bridgehead atoms. The van der Waals surface area contributed by atoms with E-state index in [-0.39, 0.29) is 0 Å². The van der Waals surface area contributed by atoms with Crippen LogP contribution in [0.2, 0.25) is 0 Å². The summed E-state index contributed by atoms with van der Waals surface area (Å²) in [6, 6.07) is 0. The zero-order chi connectivity index (χ0) is 6.43. The first kappa shape index (κ1) is 5.45. The van der Waals surface area contributed by atoms with Gasteiger partial charge in [0, 0.05) is 12.3 Å². The van der Waals surface area contributed by atoms with E-state index >= 15 is 0 Å². The fourth-order valence-corrected chi connectivity index (χ4v) is 2.23. The van der Waals surface area contributed by atoms with E-state index in [4.69, 9.17) is 0 Å². The van der Waals surface area contributed by atoms with E-state index in [1.165, 1.54) is 12.8 Å². The van der Waals surface area contributed by atoms with Crippen molar-refractivity contribution < 1.29 is 4.79 Å². The van der Waals surface area contributed by atoms with Crippen molar-refractivity contribution in [3.8, 4) is 0 Å². The Morgan fingerprint density at radius 1 is 1.44 bits per heavy atom. The number of hydrogen-bond donors (Lipinski definition) is 0. The van der Waals surface area contributed by atoms with E-state index in [9.17, 15) is 4.79 Å². The van der Waals surface area contributed by atoms with Gasteiger partial charge in [-0.3, -0.25) is 4.79 Å². The number of carbonyl (C=O) groups excluding carboxylic acids is 1. The Kier molecular flexibility index (Phi) is 0.961. The number of rotatable bonds is 0. The molecule has 0 saturated heterocycles. The first-order chi connectivity index (χ1) is 4.29. The number of Topliss-reactive ketones (excluding diaryl/α,β-unsaturated/α-hetero) is 1. The van der Waals surface area contributed by atoms with Gasteiger partial charge in [-0.05, 0) is 24.7 Å². The average Bonchev–Trinajstić information content (AvgIpc) is 2.07. The lowest BCUT2D eigenvalue weighted by Gasteiger charge is -2.30. The van der Waals surface area contributed by atoms with Gasteiger partial charge in [0.2, 0.25) is 0 Å². The molecule has 1 nitrogen and oxygen atoms in total. The molecule has 0 aromatic rings. The number of ketones is 1. The molecule has 0 amide bonds. The minimum Gasteiger partial charge on any atom is -0.299 e. The molecule has 0 aromatic heterocycles. The van der Waals surface area contributed by atoms with Gasteiger partial charge < -0.3 is 0 Å². The van der Waals surface area contributed by atoms with Crippen LogP contribution in [0.15, 0.2) is 0 Å². The van der Waals surface area contributed by atoms with Crippen molar-refractivity contribution in [2.75, 3.05) is 0 Å². The van der Waals surface area contributed by atoms with Gasteiger partial charge in [0.15, 0.2) is 0 Å².